The summed E-state index contributed by atoms with van der Waals surface area (Å²) in [4.78, 5) is 2.35. The van der Waals surface area contributed by atoms with Gasteiger partial charge < -0.3 is 14.4 Å². The maximum Gasteiger partial charge on any atom is 0.118 e. The molecule has 0 spiro atoms. The van der Waals surface area contributed by atoms with Gasteiger partial charge in [0, 0.05) is 22.5 Å². The number of ether oxygens (including phenoxy) is 2. The number of hydrogen-bond donors (Lipinski definition) is 0. The van der Waals surface area contributed by atoms with Crippen molar-refractivity contribution in [2.24, 2.45) is 0 Å². The van der Waals surface area contributed by atoms with Crippen LogP contribution in [0.5, 0.6) is 11.5 Å². The Morgan fingerprint density at radius 1 is 0.522 bits per heavy atom. The van der Waals surface area contributed by atoms with Crippen LogP contribution in [0.25, 0.3) is 22.8 Å². The van der Waals surface area contributed by atoms with E-state index in [2.05, 4.69) is 146 Å². The zero-order chi connectivity index (χ0) is 31.7. The van der Waals surface area contributed by atoms with Crippen molar-refractivity contribution in [1.29, 1.82) is 0 Å². The van der Waals surface area contributed by atoms with E-state index in [9.17, 15) is 0 Å². The highest BCUT2D eigenvalue weighted by Gasteiger charge is 2.35. The first-order valence-corrected chi connectivity index (χ1v) is 15.7. The molecule has 0 saturated carbocycles. The summed E-state index contributed by atoms with van der Waals surface area (Å²) in [5.41, 5.74) is 13.2. The lowest BCUT2D eigenvalue weighted by molar-refractivity contribution is 0.414. The molecule has 3 heteroatoms. The zero-order valence-electron chi connectivity index (χ0n) is 26.7. The molecular formula is C43H37NO2. The standard InChI is InChI=1S/C43H37NO2/c1-43(2)41-13-9-8-12-38(41)39-27-22-35(29-42(39)43)44(33-10-6-5-7-11-33)34-20-14-30(15-21-34)28-40(31-16-23-36(45-3)24-17-31)32-18-25-37(46-4)26-19-32/h5-29H,1-4H3. The fourth-order valence-electron chi connectivity index (χ4n) is 6.62. The van der Waals surface area contributed by atoms with E-state index in [1.807, 2.05) is 24.3 Å². The number of fused-ring (bicyclic) bond motifs is 3. The molecule has 1 aliphatic carbocycles. The Bertz CT molecular complexity index is 1960. The third-order valence-electron chi connectivity index (χ3n) is 9.10. The molecule has 0 radical (unpaired) electrons. The Hall–Kier alpha value is -5.54. The van der Waals surface area contributed by atoms with Crippen LogP contribution in [0, 0.1) is 0 Å². The number of para-hydroxylation sites is 1. The van der Waals surface area contributed by atoms with Crippen molar-refractivity contribution in [2.45, 2.75) is 19.3 Å². The van der Waals surface area contributed by atoms with Crippen LogP contribution in [-0.4, -0.2) is 14.2 Å². The molecule has 0 heterocycles. The van der Waals surface area contributed by atoms with Gasteiger partial charge in [0.1, 0.15) is 11.5 Å². The molecule has 6 aromatic carbocycles. The highest BCUT2D eigenvalue weighted by Crippen LogP contribution is 2.50. The molecule has 226 valence electrons. The molecule has 46 heavy (non-hydrogen) atoms. The fourth-order valence-corrected chi connectivity index (χ4v) is 6.62. The predicted molar refractivity (Wildman–Crippen MR) is 192 cm³/mol. The molecule has 0 atom stereocenters. The largest absolute Gasteiger partial charge is 0.497 e. The van der Waals surface area contributed by atoms with Crippen molar-refractivity contribution in [2.75, 3.05) is 19.1 Å². The molecule has 6 aromatic rings. The SMILES string of the molecule is COc1ccc(C(=Cc2ccc(N(c3ccccc3)c3ccc4c(c3)C(C)(C)c3ccccc3-4)cc2)c2ccc(OC)cc2)cc1. The van der Waals surface area contributed by atoms with Crippen LogP contribution < -0.4 is 14.4 Å². The summed E-state index contributed by atoms with van der Waals surface area (Å²) in [6, 6.07) is 51.6. The normalized spacial score (nSPS) is 12.5. The van der Waals surface area contributed by atoms with E-state index in [0.29, 0.717) is 0 Å². The molecule has 0 N–H and O–H groups in total. The second-order valence-corrected chi connectivity index (χ2v) is 12.2. The summed E-state index contributed by atoms with van der Waals surface area (Å²) >= 11 is 0. The number of rotatable bonds is 8. The molecule has 0 aliphatic heterocycles. The van der Waals surface area contributed by atoms with Gasteiger partial charge >= 0.3 is 0 Å². The number of hydrogen-bond acceptors (Lipinski definition) is 3. The van der Waals surface area contributed by atoms with Crippen molar-refractivity contribution in [3.05, 3.63) is 173 Å². The predicted octanol–water partition coefficient (Wildman–Crippen LogP) is 11.1. The average Bonchev–Trinajstić information content (AvgIpc) is 3.34. The van der Waals surface area contributed by atoms with Gasteiger partial charge in [-0.1, -0.05) is 98.8 Å². The Morgan fingerprint density at radius 2 is 1.04 bits per heavy atom. The van der Waals surface area contributed by atoms with Crippen molar-refractivity contribution >= 4 is 28.7 Å². The first kappa shape index (κ1) is 29.2. The molecular weight excluding hydrogens is 562 g/mol. The summed E-state index contributed by atoms with van der Waals surface area (Å²) in [6.45, 7) is 4.66. The second kappa shape index (κ2) is 12.1. The van der Waals surface area contributed by atoms with Gasteiger partial charge in [0.15, 0.2) is 0 Å². The van der Waals surface area contributed by atoms with E-state index in [0.717, 1.165) is 50.8 Å². The topological polar surface area (TPSA) is 21.7 Å². The number of nitrogens with zero attached hydrogens (tertiary/aromatic N) is 1. The van der Waals surface area contributed by atoms with E-state index < -0.39 is 0 Å². The molecule has 0 saturated heterocycles. The molecule has 1 aliphatic rings. The van der Waals surface area contributed by atoms with E-state index in [1.54, 1.807) is 14.2 Å². The summed E-state index contributed by atoms with van der Waals surface area (Å²) in [5, 5.41) is 0. The molecule has 0 aromatic heterocycles. The van der Waals surface area contributed by atoms with Crippen molar-refractivity contribution in [3.8, 4) is 22.6 Å². The molecule has 0 unspecified atom stereocenters. The van der Waals surface area contributed by atoms with E-state index in [-0.39, 0.29) is 5.41 Å². The van der Waals surface area contributed by atoms with Gasteiger partial charge in [-0.15, -0.1) is 0 Å². The van der Waals surface area contributed by atoms with Gasteiger partial charge in [-0.05, 0) is 111 Å². The highest BCUT2D eigenvalue weighted by molar-refractivity contribution is 5.92. The Labute approximate surface area is 272 Å². The number of methoxy groups -OCH3 is 2. The first-order chi connectivity index (χ1) is 22.5. The van der Waals surface area contributed by atoms with Crippen LogP contribution in [-0.2, 0) is 5.41 Å². The minimum Gasteiger partial charge on any atom is -0.497 e. The lowest BCUT2D eigenvalue weighted by atomic mass is 9.82. The second-order valence-electron chi connectivity index (χ2n) is 12.2. The Kier molecular flexibility index (Phi) is 7.68. The Morgan fingerprint density at radius 3 is 1.65 bits per heavy atom. The van der Waals surface area contributed by atoms with Crippen molar-refractivity contribution in [1.82, 2.24) is 0 Å². The fraction of sp³-hybridized carbons (Fsp3) is 0.116. The number of benzene rings is 6. The van der Waals surface area contributed by atoms with Gasteiger partial charge in [0.05, 0.1) is 14.2 Å². The van der Waals surface area contributed by atoms with E-state index in [4.69, 9.17) is 9.47 Å². The maximum absolute atomic E-state index is 5.42. The van der Waals surface area contributed by atoms with Crippen LogP contribution in [0.2, 0.25) is 0 Å². The summed E-state index contributed by atoms with van der Waals surface area (Å²) in [7, 11) is 3.39. The lowest BCUT2D eigenvalue weighted by Gasteiger charge is -2.28. The average molecular weight is 600 g/mol. The van der Waals surface area contributed by atoms with Crippen LogP contribution in [0.1, 0.15) is 41.7 Å². The lowest BCUT2D eigenvalue weighted by Crippen LogP contribution is -2.16. The third kappa shape index (κ3) is 5.35. The van der Waals surface area contributed by atoms with Crippen LogP contribution in [0.4, 0.5) is 17.1 Å². The maximum atomic E-state index is 5.42. The van der Waals surface area contributed by atoms with Crippen molar-refractivity contribution in [3.63, 3.8) is 0 Å². The van der Waals surface area contributed by atoms with E-state index >= 15 is 0 Å². The molecule has 0 amide bonds. The van der Waals surface area contributed by atoms with Crippen LogP contribution in [0.3, 0.4) is 0 Å². The van der Waals surface area contributed by atoms with Gasteiger partial charge in [0.25, 0.3) is 0 Å². The minimum atomic E-state index is -0.0712. The summed E-state index contributed by atoms with van der Waals surface area (Å²) in [5.74, 6) is 1.67. The number of anilines is 3. The first-order valence-electron chi connectivity index (χ1n) is 15.7. The zero-order valence-corrected chi connectivity index (χ0v) is 26.7. The van der Waals surface area contributed by atoms with Gasteiger partial charge in [-0.2, -0.15) is 0 Å². The van der Waals surface area contributed by atoms with Crippen LogP contribution >= 0.6 is 0 Å². The molecule has 7 rings (SSSR count). The summed E-state index contributed by atoms with van der Waals surface area (Å²) < 4.78 is 10.8. The molecule has 0 bridgehead atoms. The monoisotopic (exact) mass is 599 g/mol. The molecule has 0 fully saturated rings. The van der Waals surface area contributed by atoms with E-state index in [1.165, 1.54) is 22.3 Å². The van der Waals surface area contributed by atoms with Crippen molar-refractivity contribution < 1.29 is 9.47 Å². The Balaban J connectivity index is 1.29. The van der Waals surface area contributed by atoms with Crippen LogP contribution in [0.15, 0.2) is 146 Å². The van der Waals surface area contributed by atoms with Gasteiger partial charge in [0.2, 0.25) is 0 Å². The third-order valence-corrected chi connectivity index (χ3v) is 9.10. The van der Waals surface area contributed by atoms with Gasteiger partial charge in [-0.3, -0.25) is 0 Å². The van der Waals surface area contributed by atoms with Gasteiger partial charge in [-0.25, -0.2) is 0 Å². The highest BCUT2D eigenvalue weighted by atomic mass is 16.5. The minimum absolute atomic E-state index is 0.0712. The smallest absolute Gasteiger partial charge is 0.118 e. The summed E-state index contributed by atoms with van der Waals surface area (Å²) in [6.07, 6.45) is 2.25. The molecule has 3 nitrogen and oxygen atoms in total. The quantitative estimate of drug-likeness (QED) is 0.162.